The Morgan fingerprint density at radius 3 is 0.654 bits per heavy atom. The third kappa shape index (κ3) is 78.2. The number of ether oxygens (including phenoxy) is 4. The summed E-state index contributed by atoms with van der Waals surface area (Å²) in [6.45, 7) is 7.39. The minimum absolute atomic E-state index is 0.109. The molecule has 618 valence electrons. The van der Waals surface area contributed by atoms with Gasteiger partial charge in [-0.15, -0.1) is 0 Å². The van der Waals surface area contributed by atoms with Crippen LogP contribution < -0.4 is 0 Å². The van der Waals surface area contributed by atoms with Crippen LogP contribution in [0.1, 0.15) is 458 Å². The highest BCUT2D eigenvalue weighted by atomic mass is 31.2. The van der Waals surface area contributed by atoms with Gasteiger partial charge in [0.1, 0.15) is 19.3 Å². The summed E-state index contributed by atoms with van der Waals surface area (Å²) in [4.78, 5) is 73.2. The van der Waals surface area contributed by atoms with E-state index in [1.807, 2.05) is 0 Å². The van der Waals surface area contributed by atoms with Crippen molar-refractivity contribution in [2.45, 2.75) is 477 Å². The highest BCUT2D eigenvalue weighted by molar-refractivity contribution is 7.47. The predicted octanol–water partition coefficient (Wildman–Crippen LogP) is 26.0. The van der Waals surface area contributed by atoms with Crippen LogP contribution in [0.3, 0.4) is 0 Å². The molecule has 0 saturated heterocycles. The van der Waals surface area contributed by atoms with Crippen LogP contribution in [0.5, 0.6) is 0 Å². The first-order chi connectivity index (χ1) is 50.5. The van der Waals surface area contributed by atoms with Crippen molar-refractivity contribution in [2.75, 3.05) is 39.6 Å². The molecule has 0 aliphatic carbocycles. The van der Waals surface area contributed by atoms with Crippen molar-refractivity contribution in [3.8, 4) is 0 Å². The molecule has 0 aliphatic heterocycles. The van der Waals surface area contributed by atoms with Crippen LogP contribution >= 0.6 is 15.6 Å². The van der Waals surface area contributed by atoms with Crippen molar-refractivity contribution in [1.82, 2.24) is 0 Å². The second-order valence-electron chi connectivity index (χ2n) is 31.1. The maximum atomic E-state index is 13.1. The summed E-state index contributed by atoms with van der Waals surface area (Å²) >= 11 is 0. The van der Waals surface area contributed by atoms with E-state index >= 15 is 0 Å². The quantitative estimate of drug-likeness (QED) is 0.0222. The van der Waals surface area contributed by atoms with Crippen LogP contribution in [-0.2, 0) is 65.4 Å². The molecule has 0 aromatic rings. The molecule has 0 spiro atoms. The monoisotopic (exact) mass is 1520 g/mol. The van der Waals surface area contributed by atoms with Gasteiger partial charge in [-0.3, -0.25) is 37.3 Å². The normalized spacial score (nSPS) is 13.8. The number of carbonyl (C=O) groups is 4. The molecule has 0 aromatic heterocycles. The summed E-state index contributed by atoms with van der Waals surface area (Å²) in [5, 5.41) is 10.7. The molecule has 2 unspecified atom stereocenters. The average molecular weight is 1520 g/mol. The van der Waals surface area contributed by atoms with Gasteiger partial charge >= 0.3 is 39.5 Å². The fourth-order valence-electron chi connectivity index (χ4n) is 13.3. The van der Waals surface area contributed by atoms with Crippen LogP contribution in [0.4, 0.5) is 0 Å². The fourth-order valence-corrected chi connectivity index (χ4v) is 14.9. The van der Waals surface area contributed by atoms with Crippen molar-refractivity contribution in [3.63, 3.8) is 0 Å². The lowest BCUT2D eigenvalue weighted by Gasteiger charge is -2.21. The number of rotatable bonds is 85. The van der Waals surface area contributed by atoms with Crippen molar-refractivity contribution >= 4 is 39.5 Å². The largest absolute Gasteiger partial charge is 0.472 e. The van der Waals surface area contributed by atoms with E-state index in [1.54, 1.807) is 0 Å². The van der Waals surface area contributed by atoms with E-state index in [1.165, 1.54) is 283 Å². The van der Waals surface area contributed by atoms with Crippen LogP contribution in [0.25, 0.3) is 0 Å². The van der Waals surface area contributed by atoms with E-state index in [-0.39, 0.29) is 25.7 Å². The van der Waals surface area contributed by atoms with Gasteiger partial charge in [0, 0.05) is 25.7 Å². The zero-order valence-electron chi connectivity index (χ0n) is 68.2. The number of phosphoric ester groups is 2. The second-order valence-corrected chi connectivity index (χ2v) is 34.0. The number of hydrogen-bond donors (Lipinski definition) is 3. The Hall–Kier alpha value is -1.94. The number of carbonyl (C=O) groups excluding carboxylic acids is 4. The first-order valence-electron chi connectivity index (χ1n) is 44.1. The van der Waals surface area contributed by atoms with E-state index in [0.29, 0.717) is 25.7 Å². The molecule has 0 radical (unpaired) electrons. The summed E-state index contributed by atoms with van der Waals surface area (Å²) in [5.74, 6) is -1.30. The van der Waals surface area contributed by atoms with Crippen molar-refractivity contribution in [1.29, 1.82) is 0 Å². The van der Waals surface area contributed by atoms with E-state index in [4.69, 9.17) is 37.0 Å². The minimum Gasteiger partial charge on any atom is -0.462 e. The lowest BCUT2D eigenvalue weighted by atomic mass is 10.0. The lowest BCUT2D eigenvalue weighted by Crippen LogP contribution is -2.30. The van der Waals surface area contributed by atoms with E-state index in [9.17, 15) is 43.2 Å². The molecule has 0 amide bonds. The van der Waals surface area contributed by atoms with Gasteiger partial charge < -0.3 is 33.8 Å². The van der Waals surface area contributed by atoms with Crippen molar-refractivity contribution in [3.05, 3.63) is 0 Å². The Kier molecular flexibility index (Phi) is 76.3. The highest BCUT2D eigenvalue weighted by Gasteiger charge is 2.30. The summed E-state index contributed by atoms with van der Waals surface area (Å²) < 4.78 is 68.9. The number of unbranched alkanes of at least 4 members (excludes halogenated alkanes) is 57. The summed E-state index contributed by atoms with van der Waals surface area (Å²) in [5.41, 5.74) is 0. The molecule has 19 heteroatoms. The van der Waals surface area contributed by atoms with Gasteiger partial charge in [0.05, 0.1) is 26.4 Å². The van der Waals surface area contributed by atoms with Gasteiger partial charge in [-0.2, -0.15) is 0 Å². The van der Waals surface area contributed by atoms with Gasteiger partial charge in [-0.1, -0.05) is 407 Å². The predicted molar refractivity (Wildman–Crippen MR) is 428 cm³/mol. The Bertz CT molecular complexity index is 1980. The number of esters is 4. The van der Waals surface area contributed by atoms with E-state index < -0.39 is 97.5 Å². The Morgan fingerprint density at radius 1 is 0.260 bits per heavy atom. The molecular weight excluding hydrogens is 1350 g/mol. The van der Waals surface area contributed by atoms with Gasteiger partial charge in [0.15, 0.2) is 12.2 Å². The molecule has 104 heavy (non-hydrogen) atoms. The molecule has 0 bridgehead atoms. The highest BCUT2D eigenvalue weighted by Crippen LogP contribution is 2.45. The van der Waals surface area contributed by atoms with Gasteiger partial charge in [-0.05, 0) is 31.6 Å². The van der Waals surface area contributed by atoms with Crippen LogP contribution in [0.2, 0.25) is 0 Å². The fraction of sp³-hybridized carbons (Fsp3) is 0.953. The molecule has 3 N–H and O–H groups in total. The lowest BCUT2D eigenvalue weighted by molar-refractivity contribution is -0.161. The maximum absolute atomic E-state index is 13.1. The van der Waals surface area contributed by atoms with Gasteiger partial charge in [0.25, 0.3) is 0 Å². The summed E-state index contributed by atoms with van der Waals surface area (Å²) in [7, 11) is -9.92. The zero-order chi connectivity index (χ0) is 76.2. The van der Waals surface area contributed by atoms with Crippen molar-refractivity contribution in [2.24, 2.45) is 5.92 Å². The van der Waals surface area contributed by atoms with Crippen LogP contribution in [0, 0.1) is 5.92 Å². The molecule has 0 fully saturated rings. The number of aliphatic hydroxyl groups excluding tert-OH is 1. The molecule has 0 heterocycles. The number of phosphoric acid groups is 2. The average Bonchev–Trinajstić information content (AvgIpc) is 0.903. The van der Waals surface area contributed by atoms with E-state index in [2.05, 4.69) is 34.6 Å². The Labute approximate surface area is 638 Å². The third-order valence-corrected chi connectivity index (χ3v) is 21.9. The molecule has 17 nitrogen and oxygen atoms in total. The molecule has 0 saturated carbocycles. The summed E-state index contributed by atoms with van der Waals surface area (Å²) in [6, 6.07) is 0. The van der Waals surface area contributed by atoms with Crippen molar-refractivity contribution < 1.29 is 80.2 Å². The smallest absolute Gasteiger partial charge is 0.462 e. The second kappa shape index (κ2) is 77.8. The zero-order valence-corrected chi connectivity index (χ0v) is 70.0. The topological polar surface area (TPSA) is 237 Å². The molecule has 5 atom stereocenters. The third-order valence-electron chi connectivity index (χ3n) is 20.0. The van der Waals surface area contributed by atoms with Gasteiger partial charge in [0.2, 0.25) is 0 Å². The number of hydrogen-bond acceptors (Lipinski definition) is 15. The Morgan fingerprint density at radius 2 is 0.442 bits per heavy atom. The number of aliphatic hydroxyl groups is 1. The maximum Gasteiger partial charge on any atom is 0.472 e. The van der Waals surface area contributed by atoms with Gasteiger partial charge in [-0.25, -0.2) is 9.13 Å². The standard InChI is InChI=1S/C85H166O17P2/c1-6-9-12-15-18-21-24-27-28-29-30-31-32-33-34-41-46-51-56-61-66-71-85(90)102-81(75-96-83(88)69-64-59-54-49-44-40-36-35-39-42-47-52-57-62-67-78(4)5)77-100-104(93,94)98-73-79(86)72-97-103(91,92)99-76-80(101-84(89)70-65-60-55-50-45-38-26-23-20-17-14-11-8-3)74-95-82(87)68-63-58-53-48-43-37-25-22-19-16-13-10-7-2/h78-81,86H,6-77H2,1-5H3,(H,91,92)(H,93,94)/t79-,80+,81+/m0/s1. The Balaban J connectivity index is 5.24. The summed E-state index contributed by atoms with van der Waals surface area (Å²) in [6.07, 6.45) is 70.7. The first-order valence-corrected chi connectivity index (χ1v) is 47.1. The SMILES string of the molecule is CCCCCCCCCCCCCCCCCCCCCCCC(=O)O[C@H](COC(=O)CCCCCCCCCCCCCCCCC(C)C)COP(=O)(O)OC[C@@H](O)COP(=O)(O)OC[C@@H](COC(=O)CCCCCCCCCCCCCCC)OC(=O)CCCCCCCCCCCCCCC. The van der Waals surface area contributed by atoms with Crippen LogP contribution in [-0.4, -0.2) is 96.7 Å². The molecular formula is C85H166O17P2. The van der Waals surface area contributed by atoms with E-state index in [0.717, 1.165) is 95.8 Å². The van der Waals surface area contributed by atoms with Crippen LogP contribution in [0.15, 0.2) is 0 Å². The minimum atomic E-state index is -4.96. The molecule has 0 aromatic carbocycles. The first kappa shape index (κ1) is 102. The molecule has 0 rings (SSSR count). The molecule has 0 aliphatic rings.